The number of hydrogen-bond donors (Lipinski definition) is 1. The first-order chi connectivity index (χ1) is 8.34. The van der Waals surface area contributed by atoms with E-state index in [1.165, 1.54) is 25.7 Å². The number of halogens is 1. The van der Waals surface area contributed by atoms with Crippen LogP contribution in [0.25, 0.3) is 0 Å². The summed E-state index contributed by atoms with van der Waals surface area (Å²) >= 11 is 5.87. The fourth-order valence-corrected chi connectivity index (χ4v) is 1.92. The Hall–Kier alpha value is -0.730. The lowest BCUT2D eigenvalue weighted by Crippen LogP contribution is -2.17. The third kappa shape index (κ3) is 5.42. The quantitative estimate of drug-likeness (QED) is 0.715. The van der Waals surface area contributed by atoms with E-state index in [1.807, 2.05) is 24.3 Å². The highest BCUT2D eigenvalue weighted by molar-refractivity contribution is 6.30. The molecule has 0 unspecified atom stereocenters. The molecule has 0 bridgehead atoms. The summed E-state index contributed by atoms with van der Waals surface area (Å²) in [5.74, 6) is 0.869. The molecule has 1 aromatic carbocycles. The molecule has 2 rings (SSSR count). The average Bonchev–Trinajstić information content (AvgIpc) is 3.12. The first-order valence-corrected chi connectivity index (χ1v) is 6.84. The van der Waals surface area contributed by atoms with Crippen LogP contribution in [-0.4, -0.2) is 19.2 Å². The first-order valence-electron chi connectivity index (χ1n) is 6.46. The largest absolute Gasteiger partial charge is 0.494 e. The van der Waals surface area contributed by atoms with Crippen molar-refractivity contribution < 1.29 is 4.74 Å². The summed E-state index contributed by atoms with van der Waals surface area (Å²) in [4.78, 5) is 0. The van der Waals surface area contributed by atoms with Crippen molar-refractivity contribution in [1.82, 2.24) is 5.32 Å². The van der Waals surface area contributed by atoms with E-state index in [1.54, 1.807) is 0 Å². The maximum absolute atomic E-state index is 5.87. The van der Waals surface area contributed by atoms with Gasteiger partial charge in [0.2, 0.25) is 0 Å². The molecule has 2 nitrogen and oxygen atoms in total. The predicted octanol–water partition coefficient (Wildman–Crippen LogP) is 3.64. The molecule has 1 fully saturated rings. The first kappa shape index (κ1) is 12.7. The summed E-state index contributed by atoms with van der Waals surface area (Å²) < 4.78 is 5.62. The zero-order chi connectivity index (χ0) is 11.9. The van der Waals surface area contributed by atoms with Gasteiger partial charge in [-0.3, -0.25) is 0 Å². The molecule has 0 radical (unpaired) electrons. The van der Waals surface area contributed by atoms with Crippen molar-refractivity contribution >= 4 is 11.6 Å². The van der Waals surface area contributed by atoms with Crippen molar-refractivity contribution in [3.63, 3.8) is 0 Å². The maximum atomic E-state index is 5.87. The minimum atomic E-state index is 0.733. The fourth-order valence-electron chi connectivity index (χ4n) is 1.74. The molecule has 17 heavy (non-hydrogen) atoms. The third-order valence-electron chi connectivity index (χ3n) is 2.90. The smallest absolute Gasteiger partial charge is 0.120 e. The van der Waals surface area contributed by atoms with Gasteiger partial charge in [0, 0.05) is 11.1 Å². The summed E-state index contributed by atoms with van der Waals surface area (Å²) in [7, 11) is 0. The highest BCUT2D eigenvalue weighted by Crippen LogP contribution is 2.19. The lowest BCUT2D eigenvalue weighted by atomic mass is 10.2. The number of hydrogen-bond acceptors (Lipinski definition) is 2. The van der Waals surface area contributed by atoms with Gasteiger partial charge < -0.3 is 10.1 Å². The number of unbranched alkanes of at least 4 members (excludes halogenated alkanes) is 2. The van der Waals surface area contributed by atoms with Crippen molar-refractivity contribution in [3.8, 4) is 5.75 Å². The second-order valence-corrected chi connectivity index (χ2v) is 5.03. The molecule has 0 aliphatic heterocycles. The summed E-state index contributed by atoms with van der Waals surface area (Å²) in [5.41, 5.74) is 0. The van der Waals surface area contributed by atoms with E-state index in [0.717, 1.165) is 36.4 Å². The van der Waals surface area contributed by atoms with Gasteiger partial charge in [-0.25, -0.2) is 0 Å². The van der Waals surface area contributed by atoms with Crippen molar-refractivity contribution in [2.24, 2.45) is 0 Å². The average molecular weight is 254 g/mol. The van der Waals surface area contributed by atoms with Crippen molar-refractivity contribution in [1.29, 1.82) is 0 Å². The van der Waals surface area contributed by atoms with E-state index < -0.39 is 0 Å². The Labute approximate surface area is 108 Å². The van der Waals surface area contributed by atoms with Crippen LogP contribution in [0.2, 0.25) is 5.02 Å². The lowest BCUT2D eigenvalue weighted by molar-refractivity contribution is 0.305. The van der Waals surface area contributed by atoms with Crippen molar-refractivity contribution in [2.45, 2.75) is 38.1 Å². The van der Waals surface area contributed by atoms with Crippen LogP contribution >= 0.6 is 11.6 Å². The molecule has 3 heteroatoms. The molecule has 1 N–H and O–H groups in total. The monoisotopic (exact) mass is 253 g/mol. The van der Waals surface area contributed by atoms with Gasteiger partial charge in [0.25, 0.3) is 0 Å². The number of benzene rings is 1. The Kier molecular flexibility index (Phi) is 5.14. The van der Waals surface area contributed by atoms with Crippen LogP contribution in [0.3, 0.4) is 0 Å². The molecule has 0 heterocycles. The minimum absolute atomic E-state index is 0.733. The molecular weight excluding hydrogens is 234 g/mol. The molecule has 0 atom stereocenters. The molecular formula is C14H20ClNO. The van der Waals surface area contributed by atoms with E-state index in [4.69, 9.17) is 16.3 Å². The minimum Gasteiger partial charge on any atom is -0.494 e. The normalized spacial score (nSPS) is 14.9. The van der Waals surface area contributed by atoms with Gasteiger partial charge in [0.05, 0.1) is 6.61 Å². The van der Waals surface area contributed by atoms with E-state index in [9.17, 15) is 0 Å². The van der Waals surface area contributed by atoms with Crippen molar-refractivity contribution in [2.75, 3.05) is 13.2 Å². The summed E-state index contributed by atoms with van der Waals surface area (Å²) in [5, 5.41) is 4.25. The SMILES string of the molecule is Clc1cccc(OCCCCCNC2CC2)c1. The van der Waals surface area contributed by atoms with E-state index >= 15 is 0 Å². The van der Waals surface area contributed by atoms with Gasteiger partial charge in [-0.1, -0.05) is 17.7 Å². The molecule has 1 saturated carbocycles. The van der Waals surface area contributed by atoms with Gasteiger partial charge >= 0.3 is 0 Å². The van der Waals surface area contributed by atoms with E-state index in [0.29, 0.717) is 0 Å². The maximum Gasteiger partial charge on any atom is 0.120 e. The fraction of sp³-hybridized carbons (Fsp3) is 0.571. The van der Waals surface area contributed by atoms with Crippen LogP contribution in [0.5, 0.6) is 5.75 Å². The van der Waals surface area contributed by atoms with Gasteiger partial charge in [-0.2, -0.15) is 0 Å². The molecule has 1 aromatic rings. The third-order valence-corrected chi connectivity index (χ3v) is 3.13. The molecule has 0 spiro atoms. The Balaban J connectivity index is 1.47. The van der Waals surface area contributed by atoms with Crippen LogP contribution in [0.4, 0.5) is 0 Å². The Morgan fingerprint density at radius 1 is 1.24 bits per heavy atom. The molecule has 0 amide bonds. The van der Waals surface area contributed by atoms with Crippen molar-refractivity contribution in [3.05, 3.63) is 29.3 Å². The highest BCUT2D eigenvalue weighted by Gasteiger charge is 2.19. The lowest BCUT2D eigenvalue weighted by Gasteiger charge is -2.06. The number of nitrogens with one attached hydrogen (secondary N) is 1. The summed E-state index contributed by atoms with van der Waals surface area (Å²) in [6.07, 6.45) is 6.32. The van der Waals surface area contributed by atoms with Gasteiger partial charge in [0.1, 0.15) is 5.75 Å². The van der Waals surface area contributed by atoms with Gasteiger partial charge in [-0.15, -0.1) is 0 Å². The number of ether oxygens (including phenoxy) is 1. The molecule has 0 saturated heterocycles. The molecule has 1 aliphatic rings. The Bertz CT molecular complexity index is 339. The Morgan fingerprint density at radius 2 is 2.12 bits per heavy atom. The second kappa shape index (κ2) is 6.87. The topological polar surface area (TPSA) is 21.3 Å². The summed E-state index contributed by atoms with van der Waals surface area (Å²) in [6, 6.07) is 8.41. The van der Waals surface area contributed by atoms with Crippen LogP contribution in [0.15, 0.2) is 24.3 Å². The molecule has 0 aromatic heterocycles. The predicted molar refractivity (Wildman–Crippen MR) is 71.8 cm³/mol. The molecule has 1 aliphatic carbocycles. The Morgan fingerprint density at radius 3 is 2.88 bits per heavy atom. The standard InChI is InChI=1S/C14H20ClNO/c15-12-5-4-6-14(11-12)17-10-3-1-2-9-16-13-7-8-13/h4-6,11,13,16H,1-3,7-10H2. The molecule has 94 valence electrons. The zero-order valence-electron chi connectivity index (χ0n) is 10.1. The highest BCUT2D eigenvalue weighted by atomic mass is 35.5. The van der Waals surface area contributed by atoms with E-state index in [-0.39, 0.29) is 0 Å². The second-order valence-electron chi connectivity index (χ2n) is 4.59. The van der Waals surface area contributed by atoms with Crippen LogP contribution in [0.1, 0.15) is 32.1 Å². The van der Waals surface area contributed by atoms with E-state index in [2.05, 4.69) is 5.32 Å². The van der Waals surface area contributed by atoms with Crippen LogP contribution in [-0.2, 0) is 0 Å². The number of rotatable bonds is 8. The van der Waals surface area contributed by atoms with Crippen LogP contribution < -0.4 is 10.1 Å². The zero-order valence-corrected chi connectivity index (χ0v) is 10.9. The van der Waals surface area contributed by atoms with Gasteiger partial charge in [0.15, 0.2) is 0 Å². The van der Waals surface area contributed by atoms with Gasteiger partial charge in [-0.05, 0) is 56.8 Å². The van der Waals surface area contributed by atoms with Crippen LogP contribution in [0, 0.1) is 0 Å². The summed E-state index contributed by atoms with van der Waals surface area (Å²) in [6.45, 7) is 1.94.